The number of nitrogens with zero attached hydrogens (tertiary/aromatic N) is 3. The van der Waals surface area contributed by atoms with Gasteiger partial charge < -0.3 is 5.32 Å². The molecule has 3 rings (SSSR count). The predicted octanol–water partition coefficient (Wildman–Crippen LogP) is 4.90. The van der Waals surface area contributed by atoms with E-state index >= 15 is 0 Å². The minimum Gasteiger partial charge on any atom is -0.353 e. The standard InChI is InChI=1S/C21H23ClN4OS/c1-13(2)23-20(27)15(4)28-21-25-24-19(16-7-5-14(3)6-8-16)26(21)18-11-9-17(22)10-12-18/h5-13,15H,1-4H3,(H,23,27). The largest absolute Gasteiger partial charge is 0.353 e. The van der Waals surface area contributed by atoms with Crippen molar-refractivity contribution < 1.29 is 4.79 Å². The zero-order chi connectivity index (χ0) is 20.3. The lowest BCUT2D eigenvalue weighted by molar-refractivity contribution is -0.120. The average molecular weight is 415 g/mol. The fourth-order valence-corrected chi connectivity index (χ4v) is 3.67. The lowest BCUT2D eigenvalue weighted by Crippen LogP contribution is -2.36. The first kappa shape index (κ1) is 20.4. The summed E-state index contributed by atoms with van der Waals surface area (Å²) in [7, 11) is 0. The van der Waals surface area contributed by atoms with Gasteiger partial charge in [0, 0.05) is 22.3 Å². The minimum absolute atomic E-state index is 0.0254. The van der Waals surface area contributed by atoms with Crippen molar-refractivity contribution in [3.8, 4) is 17.1 Å². The number of carbonyl (C=O) groups excluding carboxylic acids is 1. The number of amides is 1. The van der Waals surface area contributed by atoms with Gasteiger partial charge in [-0.1, -0.05) is 53.2 Å². The van der Waals surface area contributed by atoms with Crippen LogP contribution in [-0.4, -0.2) is 32.0 Å². The number of aromatic nitrogens is 3. The topological polar surface area (TPSA) is 59.8 Å². The number of aryl methyl sites for hydroxylation is 1. The van der Waals surface area contributed by atoms with Gasteiger partial charge in [0.1, 0.15) is 0 Å². The van der Waals surface area contributed by atoms with Gasteiger partial charge in [0.15, 0.2) is 11.0 Å². The summed E-state index contributed by atoms with van der Waals surface area (Å²) in [5.41, 5.74) is 3.03. The zero-order valence-corrected chi connectivity index (χ0v) is 17.9. The maximum absolute atomic E-state index is 12.4. The molecule has 0 radical (unpaired) electrons. The van der Waals surface area contributed by atoms with Crippen LogP contribution in [0.25, 0.3) is 17.1 Å². The summed E-state index contributed by atoms with van der Waals surface area (Å²) in [5.74, 6) is 0.698. The summed E-state index contributed by atoms with van der Waals surface area (Å²) in [6.45, 7) is 7.81. The van der Waals surface area contributed by atoms with Gasteiger partial charge in [0.05, 0.1) is 5.25 Å². The second-order valence-electron chi connectivity index (χ2n) is 6.91. The molecule has 1 amide bonds. The molecule has 7 heteroatoms. The lowest BCUT2D eigenvalue weighted by Gasteiger charge is -2.15. The molecule has 28 heavy (non-hydrogen) atoms. The maximum Gasteiger partial charge on any atom is 0.233 e. The summed E-state index contributed by atoms with van der Waals surface area (Å²) in [6.07, 6.45) is 0. The fourth-order valence-electron chi connectivity index (χ4n) is 2.67. The molecule has 3 aromatic rings. The van der Waals surface area contributed by atoms with E-state index < -0.39 is 0 Å². The van der Waals surface area contributed by atoms with Crippen LogP contribution < -0.4 is 5.32 Å². The van der Waals surface area contributed by atoms with Gasteiger partial charge in [-0.2, -0.15) is 0 Å². The Balaban J connectivity index is 2.01. The van der Waals surface area contributed by atoms with E-state index in [9.17, 15) is 4.79 Å². The third-order valence-corrected chi connectivity index (χ3v) is 5.40. The first-order valence-electron chi connectivity index (χ1n) is 9.10. The van der Waals surface area contributed by atoms with Crippen molar-refractivity contribution in [3.63, 3.8) is 0 Å². The van der Waals surface area contributed by atoms with Crippen molar-refractivity contribution in [1.29, 1.82) is 0 Å². The lowest BCUT2D eigenvalue weighted by atomic mass is 10.1. The third-order valence-electron chi connectivity index (χ3n) is 4.11. The van der Waals surface area contributed by atoms with E-state index in [4.69, 9.17) is 11.6 Å². The summed E-state index contributed by atoms with van der Waals surface area (Å²) in [4.78, 5) is 12.4. The monoisotopic (exact) mass is 414 g/mol. The molecule has 0 spiro atoms. The van der Waals surface area contributed by atoms with Crippen molar-refractivity contribution in [3.05, 3.63) is 59.1 Å². The molecule has 5 nitrogen and oxygen atoms in total. The van der Waals surface area contributed by atoms with E-state index in [1.54, 1.807) is 0 Å². The number of thioether (sulfide) groups is 1. The molecule has 0 aliphatic heterocycles. The minimum atomic E-state index is -0.302. The molecule has 0 aliphatic carbocycles. The highest BCUT2D eigenvalue weighted by Crippen LogP contribution is 2.30. The van der Waals surface area contributed by atoms with Crippen LogP contribution in [0.4, 0.5) is 0 Å². The Morgan fingerprint density at radius 3 is 2.29 bits per heavy atom. The molecule has 0 saturated heterocycles. The molecule has 1 unspecified atom stereocenters. The predicted molar refractivity (Wildman–Crippen MR) is 115 cm³/mol. The number of hydrogen-bond donors (Lipinski definition) is 1. The van der Waals surface area contributed by atoms with Crippen molar-refractivity contribution in [2.24, 2.45) is 0 Å². The van der Waals surface area contributed by atoms with Crippen molar-refractivity contribution in [1.82, 2.24) is 20.1 Å². The molecule has 146 valence electrons. The molecule has 0 aliphatic rings. The Kier molecular flexibility index (Phi) is 6.42. The third kappa shape index (κ3) is 4.75. The summed E-state index contributed by atoms with van der Waals surface area (Å²) < 4.78 is 1.96. The number of rotatable bonds is 6. The van der Waals surface area contributed by atoms with Gasteiger partial charge >= 0.3 is 0 Å². The van der Waals surface area contributed by atoms with Gasteiger partial charge in [0.2, 0.25) is 5.91 Å². The number of halogens is 1. The van der Waals surface area contributed by atoms with Crippen LogP contribution in [0.15, 0.2) is 53.7 Å². The highest BCUT2D eigenvalue weighted by atomic mass is 35.5. The van der Waals surface area contributed by atoms with E-state index in [0.717, 1.165) is 17.1 Å². The van der Waals surface area contributed by atoms with Crippen LogP contribution in [0.5, 0.6) is 0 Å². The van der Waals surface area contributed by atoms with Gasteiger partial charge in [-0.15, -0.1) is 10.2 Å². The summed E-state index contributed by atoms with van der Waals surface area (Å²) >= 11 is 7.45. The highest BCUT2D eigenvalue weighted by molar-refractivity contribution is 8.00. The highest BCUT2D eigenvalue weighted by Gasteiger charge is 2.22. The maximum atomic E-state index is 12.4. The normalized spacial score (nSPS) is 12.2. The van der Waals surface area contributed by atoms with E-state index in [2.05, 4.69) is 15.5 Å². The van der Waals surface area contributed by atoms with E-state index in [-0.39, 0.29) is 17.2 Å². The second-order valence-corrected chi connectivity index (χ2v) is 8.65. The quantitative estimate of drug-likeness (QED) is 0.582. The van der Waals surface area contributed by atoms with Crippen LogP contribution in [0, 0.1) is 6.92 Å². The average Bonchev–Trinajstić information content (AvgIpc) is 3.06. The number of benzene rings is 2. The SMILES string of the molecule is Cc1ccc(-c2nnc(SC(C)C(=O)NC(C)C)n2-c2ccc(Cl)cc2)cc1. The fraction of sp³-hybridized carbons (Fsp3) is 0.286. The number of carbonyl (C=O) groups is 1. The molecule has 0 fully saturated rings. The first-order chi connectivity index (χ1) is 13.3. The number of hydrogen-bond acceptors (Lipinski definition) is 4. The molecule has 1 heterocycles. The van der Waals surface area contributed by atoms with Gasteiger partial charge in [0.25, 0.3) is 0 Å². The molecule has 2 aromatic carbocycles. The first-order valence-corrected chi connectivity index (χ1v) is 10.4. The molecular weight excluding hydrogens is 392 g/mol. The Morgan fingerprint density at radius 2 is 1.68 bits per heavy atom. The van der Waals surface area contributed by atoms with Crippen LogP contribution in [0.2, 0.25) is 5.02 Å². The Bertz CT molecular complexity index is 952. The van der Waals surface area contributed by atoms with Crippen LogP contribution in [-0.2, 0) is 4.79 Å². The van der Waals surface area contributed by atoms with Gasteiger partial charge in [-0.05, 0) is 52.0 Å². The Labute approximate surface area is 174 Å². The molecule has 1 atom stereocenters. The zero-order valence-electron chi connectivity index (χ0n) is 16.3. The Morgan fingerprint density at radius 1 is 1.04 bits per heavy atom. The second kappa shape index (κ2) is 8.80. The van der Waals surface area contributed by atoms with Crippen LogP contribution in [0.3, 0.4) is 0 Å². The van der Waals surface area contributed by atoms with E-state index in [1.165, 1.54) is 17.3 Å². The molecule has 0 saturated carbocycles. The van der Waals surface area contributed by atoms with E-state index in [1.807, 2.05) is 80.8 Å². The smallest absolute Gasteiger partial charge is 0.233 e. The summed E-state index contributed by atoms with van der Waals surface area (Å²) in [6, 6.07) is 15.7. The number of nitrogens with one attached hydrogen (secondary N) is 1. The van der Waals surface area contributed by atoms with E-state index in [0.29, 0.717) is 10.2 Å². The van der Waals surface area contributed by atoms with Crippen molar-refractivity contribution in [2.45, 2.75) is 44.1 Å². The van der Waals surface area contributed by atoms with Gasteiger partial charge in [-0.25, -0.2) is 0 Å². The molecule has 1 N–H and O–H groups in total. The van der Waals surface area contributed by atoms with Crippen LogP contribution >= 0.6 is 23.4 Å². The van der Waals surface area contributed by atoms with Crippen LogP contribution in [0.1, 0.15) is 26.3 Å². The molecule has 0 bridgehead atoms. The van der Waals surface area contributed by atoms with Gasteiger partial charge in [-0.3, -0.25) is 9.36 Å². The molecular formula is C21H23ClN4OS. The Hall–Kier alpha value is -2.31. The molecule has 1 aromatic heterocycles. The van der Waals surface area contributed by atoms with Crippen molar-refractivity contribution >= 4 is 29.3 Å². The summed E-state index contributed by atoms with van der Waals surface area (Å²) in [5, 5.41) is 12.7. The van der Waals surface area contributed by atoms with Crippen molar-refractivity contribution in [2.75, 3.05) is 0 Å².